The molecule has 0 amide bonds. The summed E-state index contributed by atoms with van der Waals surface area (Å²) in [5.74, 6) is 0. The Labute approximate surface area is 175 Å². The molecule has 0 radical (unpaired) electrons. The fraction of sp³-hybridized carbons (Fsp3) is 0.538. The average molecular weight is 394 g/mol. The number of ether oxygens (including phenoxy) is 1. The quantitative estimate of drug-likeness (QED) is 0.777. The van der Waals surface area contributed by atoms with Gasteiger partial charge in [0.25, 0.3) is 0 Å². The van der Waals surface area contributed by atoms with E-state index in [9.17, 15) is 5.11 Å². The molecular weight excluding hydrogens is 358 g/mol. The highest BCUT2D eigenvalue weighted by molar-refractivity contribution is 5.36. The molecule has 1 spiro atoms. The minimum Gasteiger partial charge on any atom is -0.379 e. The van der Waals surface area contributed by atoms with Gasteiger partial charge in [-0.25, -0.2) is 0 Å². The van der Waals surface area contributed by atoms with Gasteiger partial charge < -0.3 is 9.84 Å². The van der Waals surface area contributed by atoms with Gasteiger partial charge in [0.1, 0.15) is 5.60 Å². The second-order valence-corrected chi connectivity index (χ2v) is 9.49. The van der Waals surface area contributed by atoms with Crippen molar-refractivity contribution in [2.45, 2.75) is 57.2 Å². The number of piperidine rings is 1. The molecule has 2 aromatic carbocycles. The van der Waals surface area contributed by atoms with E-state index in [2.05, 4.69) is 43.0 Å². The average Bonchev–Trinajstić information content (AvgIpc) is 2.75. The number of aliphatic hydroxyl groups is 1. The van der Waals surface area contributed by atoms with Crippen LogP contribution in [-0.2, 0) is 10.3 Å². The molecule has 2 aliphatic rings. The van der Waals surface area contributed by atoms with E-state index in [1.165, 1.54) is 12.8 Å². The Morgan fingerprint density at radius 1 is 1.00 bits per heavy atom. The molecule has 2 heterocycles. The predicted molar refractivity (Wildman–Crippen MR) is 118 cm³/mol. The molecular formula is C26H35NO2. The molecule has 156 valence electrons. The van der Waals surface area contributed by atoms with Crippen LogP contribution in [0, 0.1) is 5.41 Å². The largest absolute Gasteiger partial charge is 0.379 e. The molecule has 0 aliphatic carbocycles. The van der Waals surface area contributed by atoms with Crippen LogP contribution in [0.5, 0.6) is 0 Å². The van der Waals surface area contributed by atoms with E-state index < -0.39 is 5.60 Å². The lowest BCUT2D eigenvalue weighted by Gasteiger charge is -2.51. The molecule has 0 unspecified atom stereocenters. The summed E-state index contributed by atoms with van der Waals surface area (Å²) in [5.41, 5.74) is 1.25. The van der Waals surface area contributed by atoms with E-state index in [0.717, 1.165) is 50.1 Å². The van der Waals surface area contributed by atoms with E-state index in [-0.39, 0.29) is 5.60 Å². The van der Waals surface area contributed by atoms with Gasteiger partial charge in [0.05, 0.1) is 5.60 Å². The first kappa shape index (κ1) is 20.6. The molecule has 29 heavy (non-hydrogen) atoms. The van der Waals surface area contributed by atoms with Gasteiger partial charge in [-0.1, -0.05) is 67.6 Å². The highest BCUT2D eigenvalue weighted by Crippen LogP contribution is 2.46. The molecule has 2 atom stereocenters. The van der Waals surface area contributed by atoms with Crippen molar-refractivity contribution in [3.8, 4) is 0 Å². The molecule has 0 saturated carbocycles. The van der Waals surface area contributed by atoms with Crippen molar-refractivity contribution in [2.24, 2.45) is 5.41 Å². The number of rotatable bonds is 5. The summed E-state index contributed by atoms with van der Waals surface area (Å²) in [7, 11) is 0. The fourth-order valence-corrected chi connectivity index (χ4v) is 5.57. The van der Waals surface area contributed by atoms with Gasteiger partial charge >= 0.3 is 0 Å². The van der Waals surface area contributed by atoms with Gasteiger partial charge in [-0.15, -0.1) is 0 Å². The van der Waals surface area contributed by atoms with Crippen LogP contribution in [-0.4, -0.2) is 41.8 Å². The lowest BCUT2D eigenvalue weighted by Crippen LogP contribution is -2.54. The van der Waals surface area contributed by atoms with Crippen LogP contribution >= 0.6 is 0 Å². The summed E-state index contributed by atoms with van der Waals surface area (Å²) < 4.78 is 6.15. The Bertz CT molecular complexity index is 749. The molecule has 2 aromatic rings. The van der Waals surface area contributed by atoms with Crippen molar-refractivity contribution in [1.29, 1.82) is 0 Å². The van der Waals surface area contributed by atoms with Gasteiger partial charge in [0.15, 0.2) is 0 Å². The second kappa shape index (κ2) is 8.22. The lowest BCUT2D eigenvalue weighted by molar-refractivity contribution is -0.137. The SMILES string of the molecule is CC[C@]1(C)C[C@@]2(CCCN(CC(O)(c3ccccc3)c3ccccc3)C2)CCO1. The van der Waals surface area contributed by atoms with Crippen LogP contribution in [0.3, 0.4) is 0 Å². The van der Waals surface area contributed by atoms with E-state index >= 15 is 0 Å². The minimum absolute atomic E-state index is 0.00355. The zero-order valence-corrected chi connectivity index (χ0v) is 17.9. The van der Waals surface area contributed by atoms with Crippen molar-refractivity contribution in [3.63, 3.8) is 0 Å². The van der Waals surface area contributed by atoms with Crippen LogP contribution in [0.15, 0.2) is 60.7 Å². The normalized spacial score (nSPS) is 28.5. The van der Waals surface area contributed by atoms with Gasteiger partial charge in [-0.05, 0) is 62.1 Å². The molecule has 0 aromatic heterocycles. The Balaban J connectivity index is 1.60. The first-order valence-electron chi connectivity index (χ1n) is 11.2. The number of likely N-dealkylation sites (tertiary alicyclic amines) is 1. The monoisotopic (exact) mass is 393 g/mol. The summed E-state index contributed by atoms with van der Waals surface area (Å²) in [6.45, 7) is 8.11. The lowest BCUT2D eigenvalue weighted by atomic mass is 9.68. The van der Waals surface area contributed by atoms with E-state index in [4.69, 9.17) is 4.74 Å². The Hall–Kier alpha value is -1.68. The van der Waals surface area contributed by atoms with E-state index in [0.29, 0.717) is 12.0 Å². The topological polar surface area (TPSA) is 32.7 Å². The third-order valence-corrected chi connectivity index (χ3v) is 7.28. The van der Waals surface area contributed by atoms with Crippen LogP contribution in [0.2, 0.25) is 0 Å². The molecule has 3 heteroatoms. The summed E-state index contributed by atoms with van der Waals surface area (Å²) >= 11 is 0. The van der Waals surface area contributed by atoms with Crippen LogP contribution in [0.1, 0.15) is 57.1 Å². The number of β-amino-alcohol motifs (C(OH)–C–C–N with tert-alkyl or cyclic N) is 1. The molecule has 0 bridgehead atoms. The smallest absolute Gasteiger partial charge is 0.127 e. The third-order valence-electron chi connectivity index (χ3n) is 7.28. The molecule has 2 aliphatic heterocycles. The first-order valence-corrected chi connectivity index (χ1v) is 11.2. The number of hydrogen-bond acceptors (Lipinski definition) is 3. The van der Waals surface area contributed by atoms with Crippen molar-refractivity contribution in [2.75, 3.05) is 26.2 Å². The predicted octanol–water partition coefficient (Wildman–Crippen LogP) is 4.98. The molecule has 2 saturated heterocycles. The first-order chi connectivity index (χ1) is 14.0. The summed E-state index contributed by atoms with van der Waals surface area (Å²) in [4.78, 5) is 2.50. The zero-order valence-electron chi connectivity index (χ0n) is 17.9. The zero-order chi connectivity index (χ0) is 20.4. The number of hydrogen-bond donors (Lipinski definition) is 1. The Kier molecular flexibility index (Phi) is 5.83. The summed E-state index contributed by atoms with van der Waals surface area (Å²) in [6.07, 6.45) is 5.79. The summed E-state index contributed by atoms with van der Waals surface area (Å²) in [5, 5.41) is 12.0. The maximum Gasteiger partial charge on any atom is 0.127 e. The van der Waals surface area contributed by atoms with Crippen molar-refractivity contribution in [1.82, 2.24) is 4.90 Å². The van der Waals surface area contributed by atoms with Crippen LogP contribution in [0.25, 0.3) is 0 Å². The van der Waals surface area contributed by atoms with Crippen molar-refractivity contribution < 1.29 is 9.84 Å². The maximum atomic E-state index is 12.0. The van der Waals surface area contributed by atoms with Crippen molar-refractivity contribution >= 4 is 0 Å². The molecule has 2 fully saturated rings. The van der Waals surface area contributed by atoms with E-state index in [1.54, 1.807) is 0 Å². The van der Waals surface area contributed by atoms with Gasteiger partial charge in [0.2, 0.25) is 0 Å². The third kappa shape index (κ3) is 4.28. The highest BCUT2D eigenvalue weighted by Gasteiger charge is 2.46. The fourth-order valence-electron chi connectivity index (χ4n) is 5.57. The molecule has 3 nitrogen and oxygen atoms in total. The number of benzene rings is 2. The standard InChI is InChI=1S/C26H35NO2/c1-3-24(2)19-25(16-18-29-24)15-10-17-27(20-25)21-26(28,22-11-6-4-7-12-22)23-13-8-5-9-14-23/h4-9,11-14,28H,3,10,15-21H2,1-2H3/t24-,25-/m1/s1. The van der Waals surface area contributed by atoms with Crippen LogP contribution < -0.4 is 0 Å². The van der Waals surface area contributed by atoms with Crippen molar-refractivity contribution in [3.05, 3.63) is 71.8 Å². The Morgan fingerprint density at radius 3 is 2.21 bits per heavy atom. The molecule has 4 rings (SSSR count). The second-order valence-electron chi connectivity index (χ2n) is 9.49. The van der Waals surface area contributed by atoms with Gasteiger partial charge in [0, 0.05) is 19.7 Å². The highest BCUT2D eigenvalue weighted by atomic mass is 16.5. The van der Waals surface area contributed by atoms with Gasteiger partial charge in [-0.3, -0.25) is 4.90 Å². The molecule has 1 N–H and O–H groups in total. The Morgan fingerprint density at radius 2 is 1.62 bits per heavy atom. The van der Waals surface area contributed by atoms with Crippen LogP contribution in [0.4, 0.5) is 0 Å². The minimum atomic E-state index is -1.000. The summed E-state index contributed by atoms with van der Waals surface area (Å²) in [6, 6.07) is 20.3. The maximum absolute atomic E-state index is 12.0. The van der Waals surface area contributed by atoms with E-state index in [1.807, 2.05) is 36.4 Å². The van der Waals surface area contributed by atoms with Gasteiger partial charge in [-0.2, -0.15) is 0 Å². The number of nitrogens with zero attached hydrogens (tertiary/aromatic N) is 1.